The van der Waals surface area contributed by atoms with Crippen molar-refractivity contribution in [1.82, 2.24) is 9.78 Å². The van der Waals surface area contributed by atoms with Crippen LogP contribution < -0.4 is 0 Å². The summed E-state index contributed by atoms with van der Waals surface area (Å²) in [4.78, 5) is 13.1. The molecule has 0 aliphatic carbocycles. The van der Waals surface area contributed by atoms with Gasteiger partial charge in [-0.05, 0) is 42.7 Å². The first-order valence-corrected chi connectivity index (χ1v) is 9.57. The van der Waals surface area contributed by atoms with E-state index >= 15 is 0 Å². The summed E-state index contributed by atoms with van der Waals surface area (Å²) >= 11 is 1.45. The highest BCUT2D eigenvalue weighted by Crippen LogP contribution is 2.25. The number of thiophene rings is 1. The Balaban J connectivity index is 1.75. The van der Waals surface area contributed by atoms with E-state index in [-0.39, 0.29) is 5.78 Å². The van der Waals surface area contributed by atoms with Gasteiger partial charge < -0.3 is 0 Å². The number of hydrogen-bond acceptors (Lipinski definition) is 3. The van der Waals surface area contributed by atoms with Gasteiger partial charge in [0.1, 0.15) is 0 Å². The molecule has 4 rings (SSSR count). The molecule has 0 spiro atoms. The highest BCUT2D eigenvalue weighted by atomic mass is 32.1. The average molecular weight is 370 g/mol. The lowest BCUT2D eigenvalue weighted by Gasteiger charge is -2.01. The third kappa shape index (κ3) is 3.81. The maximum absolute atomic E-state index is 12.3. The number of hydrogen-bond donors (Lipinski definition) is 0. The van der Waals surface area contributed by atoms with E-state index < -0.39 is 0 Å². The molecule has 2 heterocycles. The van der Waals surface area contributed by atoms with Crippen molar-refractivity contribution >= 4 is 23.2 Å². The van der Waals surface area contributed by atoms with Gasteiger partial charge in [-0.25, -0.2) is 4.68 Å². The van der Waals surface area contributed by atoms with Crippen molar-refractivity contribution in [2.45, 2.75) is 6.92 Å². The van der Waals surface area contributed by atoms with Crippen LogP contribution in [-0.4, -0.2) is 15.6 Å². The molecule has 132 valence electrons. The summed E-state index contributed by atoms with van der Waals surface area (Å²) in [6.07, 6.45) is 5.43. The van der Waals surface area contributed by atoms with Gasteiger partial charge in [-0.2, -0.15) is 5.10 Å². The topological polar surface area (TPSA) is 34.9 Å². The third-order valence-corrected chi connectivity index (χ3v) is 5.15. The lowest BCUT2D eigenvalue weighted by Crippen LogP contribution is -1.93. The number of benzene rings is 2. The Labute approximate surface area is 162 Å². The van der Waals surface area contributed by atoms with Crippen molar-refractivity contribution in [3.8, 4) is 16.9 Å². The molecule has 0 N–H and O–H groups in total. The Hall–Kier alpha value is -3.24. The molecule has 0 saturated heterocycles. The van der Waals surface area contributed by atoms with Crippen LogP contribution in [0.15, 0.2) is 84.4 Å². The average Bonchev–Trinajstić information content (AvgIpc) is 3.38. The van der Waals surface area contributed by atoms with Gasteiger partial charge in [0, 0.05) is 17.3 Å². The molecule has 0 radical (unpaired) electrons. The number of rotatable bonds is 5. The summed E-state index contributed by atoms with van der Waals surface area (Å²) in [7, 11) is 0. The van der Waals surface area contributed by atoms with E-state index in [4.69, 9.17) is 5.10 Å². The predicted octanol–water partition coefficient (Wildman–Crippen LogP) is 5.81. The zero-order chi connectivity index (χ0) is 18.6. The number of nitrogens with zero attached hydrogens (tertiary/aromatic N) is 2. The number of aromatic nitrogens is 2. The fraction of sp³-hybridized carbons (Fsp3) is 0.0435. The fourth-order valence-electron chi connectivity index (χ4n) is 2.82. The summed E-state index contributed by atoms with van der Waals surface area (Å²) in [6.45, 7) is 2.06. The van der Waals surface area contributed by atoms with E-state index in [1.54, 1.807) is 6.08 Å². The summed E-state index contributed by atoms with van der Waals surface area (Å²) in [5.41, 5.74) is 4.97. The summed E-state index contributed by atoms with van der Waals surface area (Å²) in [5.74, 6) is 0.00678. The van der Waals surface area contributed by atoms with E-state index in [0.29, 0.717) is 0 Å². The van der Waals surface area contributed by atoms with Gasteiger partial charge in [0.25, 0.3) is 0 Å². The van der Waals surface area contributed by atoms with Crippen LogP contribution in [0, 0.1) is 6.92 Å². The number of ketones is 1. The van der Waals surface area contributed by atoms with Crippen molar-refractivity contribution < 1.29 is 4.79 Å². The number of para-hydroxylation sites is 1. The normalized spacial score (nSPS) is 11.1. The monoisotopic (exact) mass is 370 g/mol. The molecule has 4 heteroatoms. The van der Waals surface area contributed by atoms with Crippen molar-refractivity contribution in [2.24, 2.45) is 0 Å². The second-order valence-corrected chi connectivity index (χ2v) is 7.20. The van der Waals surface area contributed by atoms with E-state index in [1.165, 1.54) is 16.9 Å². The minimum atomic E-state index is 0.00678. The van der Waals surface area contributed by atoms with Crippen LogP contribution in [0.3, 0.4) is 0 Å². The quantitative estimate of drug-likeness (QED) is 0.328. The molecule has 2 aromatic heterocycles. The third-order valence-electron chi connectivity index (χ3n) is 4.27. The molecule has 3 nitrogen and oxygen atoms in total. The summed E-state index contributed by atoms with van der Waals surface area (Å²) in [6, 6.07) is 22.0. The van der Waals surface area contributed by atoms with Crippen molar-refractivity contribution in [1.29, 1.82) is 0 Å². The largest absolute Gasteiger partial charge is 0.288 e. The molecule has 0 saturated carbocycles. The second-order valence-electron chi connectivity index (χ2n) is 6.25. The zero-order valence-corrected chi connectivity index (χ0v) is 15.7. The first-order valence-electron chi connectivity index (χ1n) is 8.69. The minimum absolute atomic E-state index is 0.00678. The highest BCUT2D eigenvalue weighted by Gasteiger charge is 2.11. The molecule has 0 bridgehead atoms. The number of carbonyl (C=O) groups excluding carboxylic acids is 1. The Morgan fingerprint density at radius 2 is 1.78 bits per heavy atom. The van der Waals surface area contributed by atoms with Gasteiger partial charge >= 0.3 is 0 Å². The van der Waals surface area contributed by atoms with Gasteiger partial charge in [0.2, 0.25) is 0 Å². The standard InChI is InChI=1S/C23H18N2OS/c1-17-9-11-18(12-10-17)23-19(13-14-21(26)22-8-5-15-27-22)16-25(24-23)20-6-3-2-4-7-20/h2-16H,1H3. The molecule has 0 unspecified atom stereocenters. The van der Waals surface area contributed by atoms with Gasteiger partial charge in [-0.1, -0.05) is 54.1 Å². The molecule has 4 aromatic rings. The zero-order valence-electron chi connectivity index (χ0n) is 14.9. The lowest BCUT2D eigenvalue weighted by atomic mass is 10.1. The molecule has 2 aromatic carbocycles. The summed E-state index contributed by atoms with van der Waals surface area (Å²) < 4.78 is 1.85. The van der Waals surface area contributed by atoms with Crippen molar-refractivity contribution in [2.75, 3.05) is 0 Å². The second kappa shape index (κ2) is 7.56. The van der Waals surface area contributed by atoms with Crippen LogP contribution in [0.5, 0.6) is 0 Å². The SMILES string of the molecule is Cc1ccc(-c2nn(-c3ccccc3)cc2C=CC(=O)c2cccs2)cc1. The molecule has 0 fully saturated rings. The molecule has 0 aliphatic heterocycles. The molecular weight excluding hydrogens is 352 g/mol. The van der Waals surface area contributed by atoms with Crippen LogP contribution in [0.1, 0.15) is 20.8 Å². The maximum atomic E-state index is 12.3. The first kappa shape index (κ1) is 17.2. The maximum Gasteiger partial charge on any atom is 0.195 e. The van der Waals surface area contributed by atoms with E-state index in [9.17, 15) is 4.79 Å². The fourth-order valence-corrected chi connectivity index (χ4v) is 3.47. The summed E-state index contributed by atoms with van der Waals surface area (Å²) in [5, 5.41) is 6.69. The Morgan fingerprint density at radius 3 is 2.48 bits per heavy atom. The number of carbonyl (C=O) groups is 1. The molecular formula is C23H18N2OS. The Kier molecular flexibility index (Phi) is 4.81. The van der Waals surface area contributed by atoms with Crippen LogP contribution in [0.4, 0.5) is 0 Å². The van der Waals surface area contributed by atoms with Crippen molar-refractivity contribution in [3.05, 3.63) is 100 Å². The minimum Gasteiger partial charge on any atom is -0.288 e. The van der Waals surface area contributed by atoms with Crippen LogP contribution in [0.2, 0.25) is 0 Å². The predicted molar refractivity (Wildman–Crippen MR) is 111 cm³/mol. The lowest BCUT2D eigenvalue weighted by molar-refractivity contribution is 0.105. The smallest absolute Gasteiger partial charge is 0.195 e. The Morgan fingerprint density at radius 1 is 1.00 bits per heavy atom. The molecule has 27 heavy (non-hydrogen) atoms. The van der Waals surface area contributed by atoms with Gasteiger partial charge in [-0.15, -0.1) is 11.3 Å². The van der Waals surface area contributed by atoms with E-state index in [2.05, 4.69) is 31.2 Å². The number of aryl methyl sites for hydroxylation is 1. The van der Waals surface area contributed by atoms with Crippen molar-refractivity contribution in [3.63, 3.8) is 0 Å². The molecule has 0 aliphatic rings. The van der Waals surface area contributed by atoms with E-state index in [0.717, 1.165) is 27.4 Å². The van der Waals surface area contributed by atoms with Gasteiger partial charge in [-0.3, -0.25) is 4.79 Å². The number of allylic oxidation sites excluding steroid dienone is 1. The highest BCUT2D eigenvalue weighted by molar-refractivity contribution is 7.12. The molecule has 0 amide bonds. The van der Waals surface area contributed by atoms with Crippen LogP contribution in [-0.2, 0) is 0 Å². The first-order chi connectivity index (χ1) is 13.2. The van der Waals surface area contributed by atoms with Crippen LogP contribution >= 0.6 is 11.3 Å². The van der Waals surface area contributed by atoms with Gasteiger partial charge in [0.05, 0.1) is 16.3 Å². The van der Waals surface area contributed by atoms with Crippen LogP contribution in [0.25, 0.3) is 23.0 Å². The molecule has 0 atom stereocenters. The Bertz CT molecular complexity index is 1080. The van der Waals surface area contributed by atoms with E-state index in [1.807, 2.05) is 64.8 Å². The van der Waals surface area contributed by atoms with Gasteiger partial charge in [0.15, 0.2) is 5.78 Å².